The first-order chi connectivity index (χ1) is 7.70. The Morgan fingerprint density at radius 2 is 2.50 bits per heavy atom. The van der Waals surface area contributed by atoms with Crippen molar-refractivity contribution >= 4 is 12.0 Å². The van der Waals surface area contributed by atoms with Crippen molar-refractivity contribution in [2.24, 2.45) is 5.73 Å². The topological polar surface area (TPSA) is 84.1 Å². The van der Waals surface area contributed by atoms with Gasteiger partial charge in [-0.2, -0.15) is 0 Å². The van der Waals surface area contributed by atoms with Crippen molar-refractivity contribution in [1.82, 2.24) is 14.9 Å². The molecule has 6 nitrogen and oxygen atoms in total. The fraction of sp³-hybridized carbons (Fsp3) is 0.500. The summed E-state index contributed by atoms with van der Waals surface area (Å²) in [6.07, 6.45) is 2.59. The first-order valence-corrected chi connectivity index (χ1v) is 5.33. The van der Waals surface area contributed by atoms with Crippen LogP contribution in [-0.4, -0.2) is 34.0 Å². The Kier molecular flexibility index (Phi) is 2.89. The molecule has 3 N–H and O–H groups in total. The van der Waals surface area contributed by atoms with E-state index in [1.165, 1.54) is 0 Å². The number of primary amides is 1. The summed E-state index contributed by atoms with van der Waals surface area (Å²) in [5.74, 6) is 0.604. The van der Waals surface area contributed by atoms with Crippen LogP contribution in [0.2, 0.25) is 0 Å². The molecule has 0 unspecified atom stereocenters. The minimum atomic E-state index is -0.394. The zero-order valence-corrected chi connectivity index (χ0v) is 9.23. The smallest absolute Gasteiger partial charge is 0.315 e. The number of carbonyl (C=O) groups excluding carboxylic acids is 1. The summed E-state index contributed by atoms with van der Waals surface area (Å²) in [7, 11) is 0. The number of amides is 2. The molecule has 0 bridgehead atoms. The van der Waals surface area contributed by atoms with Crippen LogP contribution in [0.15, 0.2) is 6.20 Å². The summed E-state index contributed by atoms with van der Waals surface area (Å²) in [5, 5.41) is 3.04. The average Bonchev–Trinajstić information content (AvgIpc) is 2.28. The SMILES string of the molecule is CCNc1ncc2c(n1)CN(C(N)=O)CC2. The monoisotopic (exact) mass is 221 g/mol. The van der Waals surface area contributed by atoms with E-state index in [4.69, 9.17) is 5.73 Å². The lowest BCUT2D eigenvalue weighted by Gasteiger charge is -2.26. The largest absolute Gasteiger partial charge is 0.354 e. The van der Waals surface area contributed by atoms with E-state index in [2.05, 4.69) is 15.3 Å². The predicted molar refractivity (Wildman–Crippen MR) is 59.9 cm³/mol. The molecule has 2 heterocycles. The van der Waals surface area contributed by atoms with Gasteiger partial charge in [-0.3, -0.25) is 0 Å². The van der Waals surface area contributed by atoms with Crippen molar-refractivity contribution in [3.8, 4) is 0 Å². The Hall–Kier alpha value is -1.85. The molecule has 0 atom stereocenters. The van der Waals surface area contributed by atoms with Gasteiger partial charge >= 0.3 is 6.03 Å². The van der Waals surface area contributed by atoms with E-state index in [1.54, 1.807) is 4.90 Å². The third-order valence-corrected chi connectivity index (χ3v) is 2.59. The van der Waals surface area contributed by atoms with E-state index in [1.807, 2.05) is 13.1 Å². The Morgan fingerprint density at radius 1 is 1.69 bits per heavy atom. The van der Waals surface area contributed by atoms with Crippen molar-refractivity contribution in [3.05, 3.63) is 17.5 Å². The van der Waals surface area contributed by atoms with Crippen LogP contribution < -0.4 is 11.1 Å². The van der Waals surface area contributed by atoms with Crippen molar-refractivity contribution < 1.29 is 4.79 Å². The van der Waals surface area contributed by atoms with Gasteiger partial charge in [0.25, 0.3) is 0 Å². The van der Waals surface area contributed by atoms with Gasteiger partial charge in [0.15, 0.2) is 0 Å². The van der Waals surface area contributed by atoms with Gasteiger partial charge in [-0.05, 0) is 18.9 Å². The summed E-state index contributed by atoms with van der Waals surface area (Å²) in [4.78, 5) is 21.2. The van der Waals surface area contributed by atoms with Crippen LogP contribution in [0.25, 0.3) is 0 Å². The zero-order valence-electron chi connectivity index (χ0n) is 9.23. The van der Waals surface area contributed by atoms with E-state index in [0.717, 1.165) is 24.2 Å². The number of hydrogen-bond donors (Lipinski definition) is 2. The molecule has 2 rings (SSSR count). The Balaban J connectivity index is 2.21. The van der Waals surface area contributed by atoms with Crippen LogP contribution in [0.5, 0.6) is 0 Å². The van der Waals surface area contributed by atoms with Crippen LogP contribution in [0.3, 0.4) is 0 Å². The fourth-order valence-electron chi connectivity index (χ4n) is 1.73. The maximum absolute atomic E-state index is 11.1. The van der Waals surface area contributed by atoms with Crippen LogP contribution in [0.1, 0.15) is 18.2 Å². The molecule has 0 spiro atoms. The molecule has 0 aromatic carbocycles. The zero-order chi connectivity index (χ0) is 11.5. The molecule has 16 heavy (non-hydrogen) atoms. The maximum atomic E-state index is 11.1. The summed E-state index contributed by atoms with van der Waals surface area (Å²) in [5.41, 5.74) is 7.23. The third kappa shape index (κ3) is 2.05. The molecule has 1 aliphatic heterocycles. The van der Waals surface area contributed by atoms with Gasteiger partial charge in [0.05, 0.1) is 12.2 Å². The quantitative estimate of drug-likeness (QED) is 0.754. The normalized spacial score (nSPS) is 14.4. The number of carbonyl (C=O) groups is 1. The Bertz CT molecular complexity index is 406. The highest BCUT2D eigenvalue weighted by Gasteiger charge is 2.20. The summed E-state index contributed by atoms with van der Waals surface area (Å²) in [6, 6.07) is -0.394. The Morgan fingerprint density at radius 3 is 3.19 bits per heavy atom. The molecule has 0 saturated heterocycles. The van der Waals surface area contributed by atoms with Crippen LogP contribution >= 0.6 is 0 Å². The lowest BCUT2D eigenvalue weighted by atomic mass is 10.1. The van der Waals surface area contributed by atoms with Crippen LogP contribution in [0.4, 0.5) is 10.7 Å². The highest BCUT2D eigenvalue weighted by atomic mass is 16.2. The van der Waals surface area contributed by atoms with Crippen molar-refractivity contribution in [2.75, 3.05) is 18.4 Å². The molecular formula is C10H15N5O. The van der Waals surface area contributed by atoms with E-state index in [9.17, 15) is 4.79 Å². The number of nitrogens with one attached hydrogen (secondary N) is 1. The molecule has 0 saturated carbocycles. The van der Waals surface area contributed by atoms with Gasteiger partial charge in [0, 0.05) is 19.3 Å². The molecular weight excluding hydrogens is 206 g/mol. The summed E-state index contributed by atoms with van der Waals surface area (Å²) < 4.78 is 0. The Labute approximate surface area is 93.9 Å². The van der Waals surface area contributed by atoms with Gasteiger partial charge in [0.1, 0.15) is 0 Å². The first kappa shape index (κ1) is 10.7. The van der Waals surface area contributed by atoms with Crippen molar-refractivity contribution in [2.45, 2.75) is 19.9 Å². The highest BCUT2D eigenvalue weighted by molar-refractivity contribution is 5.72. The standard InChI is InChI=1S/C10H15N5O/c1-2-12-10-13-5-7-3-4-15(9(11)16)6-8(7)14-10/h5H,2-4,6H2,1H3,(H2,11,16)(H,12,13,14). The number of aromatic nitrogens is 2. The van der Waals surface area contributed by atoms with Gasteiger partial charge in [0.2, 0.25) is 5.95 Å². The first-order valence-electron chi connectivity index (χ1n) is 5.33. The molecule has 86 valence electrons. The highest BCUT2D eigenvalue weighted by Crippen LogP contribution is 2.17. The molecule has 0 radical (unpaired) electrons. The van der Waals surface area contributed by atoms with Gasteiger partial charge in [-0.1, -0.05) is 0 Å². The number of hydrogen-bond acceptors (Lipinski definition) is 4. The van der Waals surface area contributed by atoms with E-state index >= 15 is 0 Å². The van der Waals surface area contributed by atoms with Crippen LogP contribution in [0, 0.1) is 0 Å². The number of rotatable bonds is 2. The summed E-state index contributed by atoms with van der Waals surface area (Å²) in [6.45, 7) is 3.88. The minimum Gasteiger partial charge on any atom is -0.354 e. The number of anilines is 1. The summed E-state index contributed by atoms with van der Waals surface area (Å²) >= 11 is 0. The van der Waals surface area contributed by atoms with E-state index in [0.29, 0.717) is 19.0 Å². The second-order valence-corrected chi connectivity index (χ2v) is 3.71. The molecule has 2 amide bonds. The lowest BCUT2D eigenvalue weighted by molar-refractivity contribution is 0.201. The molecule has 1 aromatic heterocycles. The molecule has 1 aromatic rings. The second-order valence-electron chi connectivity index (χ2n) is 3.71. The fourth-order valence-corrected chi connectivity index (χ4v) is 1.73. The van der Waals surface area contributed by atoms with Crippen molar-refractivity contribution in [3.63, 3.8) is 0 Å². The number of nitrogens with two attached hydrogens (primary N) is 1. The molecule has 6 heteroatoms. The lowest BCUT2D eigenvalue weighted by Crippen LogP contribution is -2.40. The van der Waals surface area contributed by atoms with Crippen molar-refractivity contribution in [1.29, 1.82) is 0 Å². The number of nitrogens with zero attached hydrogens (tertiary/aromatic N) is 3. The number of fused-ring (bicyclic) bond motifs is 1. The third-order valence-electron chi connectivity index (χ3n) is 2.59. The molecule has 1 aliphatic rings. The van der Waals surface area contributed by atoms with Crippen LogP contribution in [-0.2, 0) is 13.0 Å². The predicted octanol–water partition coefficient (Wildman–Crippen LogP) is 0.345. The molecule has 0 fully saturated rings. The van der Waals surface area contributed by atoms with Gasteiger partial charge in [-0.15, -0.1) is 0 Å². The maximum Gasteiger partial charge on any atom is 0.315 e. The minimum absolute atomic E-state index is 0.394. The van der Waals surface area contributed by atoms with E-state index in [-0.39, 0.29) is 0 Å². The average molecular weight is 221 g/mol. The van der Waals surface area contributed by atoms with Gasteiger partial charge < -0.3 is 16.0 Å². The van der Waals surface area contributed by atoms with E-state index < -0.39 is 6.03 Å². The number of urea groups is 1. The van der Waals surface area contributed by atoms with Gasteiger partial charge in [-0.25, -0.2) is 14.8 Å². The second kappa shape index (κ2) is 4.34. The molecule has 0 aliphatic carbocycles.